The largest absolute Gasteiger partial charge is 0.355 e. The average Bonchev–Trinajstić information content (AvgIpc) is 2.58. The number of nitrogens with one attached hydrogen (secondary N) is 1. The van der Waals surface area contributed by atoms with E-state index >= 15 is 0 Å². The standard InChI is InChI=1S/C17H19Cl2N3OS/c1-2-4-12(14-6-5-13(18)9-15(14)19)10-22-16(23)11-24-17-20-7-3-8-21-17/h3,5-9,12H,2,4,10-11H2,1H3,(H,22,23)/t12-/m0/s1. The highest BCUT2D eigenvalue weighted by molar-refractivity contribution is 7.99. The molecule has 0 saturated heterocycles. The maximum atomic E-state index is 12.1. The Hall–Kier alpha value is -1.30. The Bertz CT molecular complexity index is 670. The van der Waals surface area contributed by atoms with E-state index in [2.05, 4.69) is 22.2 Å². The van der Waals surface area contributed by atoms with Gasteiger partial charge in [0.15, 0.2) is 5.16 Å². The molecule has 1 atom stereocenters. The second kappa shape index (κ2) is 9.87. The molecular weight excluding hydrogens is 365 g/mol. The van der Waals surface area contributed by atoms with Crippen LogP contribution in [0.4, 0.5) is 0 Å². The molecule has 1 amide bonds. The maximum absolute atomic E-state index is 12.1. The number of nitrogens with zero attached hydrogens (tertiary/aromatic N) is 2. The molecule has 0 unspecified atom stereocenters. The molecule has 0 radical (unpaired) electrons. The first-order valence-electron chi connectivity index (χ1n) is 7.71. The van der Waals surface area contributed by atoms with Crippen molar-refractivity contribution in [3.8, 4) is 0 Å². The van der Waals surface area contributed by atoms with Crippen molar-refractivity contribution in [3.05, 3.63) is 52.3 Å². The molecule has 1 N–H and O–H groups in total. The van der Waals surface area contributed by atoms with Crippen LogP contribution < -0.4 is 5.32 Å². The van der Waals surface area contributed by atoms with Gasteiger partial charge < -0.3 is 5.32 Å². The molecule has 0 bridgehead atoms. The summed E-state index contributed by atoms with van der Waals surface area (Å²) in [7, 11) is 0. The van der Waals surface area contributed by atoms with E-state index in [1.807, 2.05) is 12.1 Å². The number of carbonyl (C=O) groups is 1. The van der Waals surface area contributed by atoms with Gasteiger partial charge in [-0.3, -0.25) is 4.79 Å². The van der Waals surface area contributed by atoms with E-state index in [1.54, 1.807) is 24.5 Å². The van der Waals surface area contributed by atoms with Gasteiger partial charge in [0.2, 0.25) is 5.91 Å². The molecule has 128 valence electrons. The Morgan fingerprint density at radius 2 is 2.04 bits per heavy atom. The molecule has 0 saturated carbocycles. The highest BCUT2D eigenvalue weighted by Crippen LogP contribution is 2.30. The lowest BCUT2D eigenvalue weighted by Gasteiger charge is -2.19. The zero-order valence-corrected chi connectivity index (χ0v) is 15.7. The SMILES string of the molecule is CCC[C@@H](CNC(=O)CSc1ncccn1)c1ccc(Cl)cc1Cl. The summed E-state index contributed by atoms with van der Waals surface area (Å²) in [4.78, 5) is 20.2. The highest BCUT2D eigenvalue weighted by Gasteiger charge is 2.16. The summed E-state index contributed by atoms with van der Waals surface area (Å²) >= 11 is 13.6. The van der Waals surface area contributed by atoms with Gasteiger partial charge in [0, 0.05) is 34.9 Å². The van der Waals surface area contributed by atoms with Gasteiger partial charge in [0.25, 0.3) is 0 Å². The zero-order valence-electron chi connectivity index (χ0n) is 13.3. The summed E-state index contributed by atoms with van der Waals surface area (Å²) in [5.41, 5.74) is 1.02. The second-order valence-electron chi connectivity index (χ2n) is 5.28. The molecule has 0 spiro atoms. The predicted molar refractivity (Wildman–Crippen MR) is 99.9 cm³/mol. The lowest BCUT2D eigenvalue weighted by molar-refractivity contribution is -0.118. The minimum absolute atomic E-state index is 0.0429. The predicted octanol–water partition coefficient (Wildman–Crippen LogP) is 4.58. The number of hydrogen-bond acceptors (Lipinski definition) is 4. The van der Waals surface area contributed by atoms with E-state index in [-0.39, 0.29) is 17.6 Å². The first-order chi connectivity index (χ1) is 11.6. The molecule has 2 aromatic rings. The van der Waals surface area contributed by atoms with Crippen LogP contribution in [0.5, 0.6) is 0 Å². The van der Waals surface area contributed by atoms with Crippen LogP contribution in [0, 0.1) is 0 Å². The highest BCUT2D eigenvalue weighted by atomic mass is 35.5. The first kappa shape index (κ1) is 19.0. The van der Waals surface area contributed by atoms with Crippen LogP contribution in [0.25, 0.3) is 0 Å². The van der Waals surface area contributed by atoms with Crippen LogP contribution in [0.2, 0.25) is 10.0 Å². The summed E-state index contributed by atoms with van der Waals surface area (Å²) in [6, 6.07) is 7.25. The third-order valence-electron chi connectivity index (χ3n) is 3.46. The molecule has 0 fully saturated rings. The number of benzene rings is 1. The minimum atomic E-state index is -0.0429. The van der Waals surface area contributed by atoms with Gasteiger partial charge >= 0.3 is 0 Å². The molecule has 0 aliphatic rings. The molecule has 1 aromatic heterocycles. The van der Waals surface area contributed by atoms with Crippen molar-refractivity contribution in [2.24, 2.45) is 0 Å². The number of aromatic nitrogens is 2. The van der Waals surface area contributed by atoms with Crippen molar-refractivity contribution in [3.63, 3.8) is 0 Å². The Kier molecular flexibility index (Phi) is 7.82. The van der Waals surface area contributed by atoms with Crippen LogP contribution in [0.1, 0.15) is 31.2 Å². The van der Waals surface area contributed by atoms with Gasteiger partial charge in [0.1, 0.15) is 0 Å². The smallest absolute Gasteiger partial charge is 0.230 e. The number of amides is 1. The number of carbonyl (C=O) groups excluding carboxylic acids is 1. The molecule has 0 aliphatic carbocycles. The number of thioether (sulfide) groups is 1. The molecule has 2 rings (SSSR count). The lowest BCUT2D eigenvalue weighted by Crippen LogP contribution is -2.30. The van der Waals surface area contributed by atoms with E-state index in [0.29, 0.717) is 21.7 Å². The Morgan fingerprint density at radius 3 is 2.71 bits per heavy atom. The quantitative estimate of drug-likeness (QED) is 0.535. The molecular formula is C17H19Cl2N3OS. The van der Waals surface area contributed by atoms with Crippen molar-refractivity contribution in [1.29, 1.82) is 0 Å². The van der Waals surface area contributed by atoms with Gasteiger partial charge in [-0.2, -0.15) is 0 Å². The number of halogens is 2. The molecule has 7 heteroatoms. The average molecular weight is 384 g/mol. The van der Waals surface area contributed by atoms with Crippen LogP contribution >= 0.6 is 35.0 Å². The van der Waals surface area contributed by atoms with Crippen LogP contribution in [-0.4, -0.2) is 28.2 Å². The minimum Gasteiger partial charge on any atom is -0.355 e. The monoisotopic (exact) mass is 383 g/mol. The Morgan fingerprint density at radius 1 is 1.29 bits per heavy atom. The summed E-state index contributed by atoms with van der Waals surface area (Å²) in [6.07, 6.45) is 5.27. The molecule has 1 aromatic carbocycles. The summed E-state index contributed by atoms with van der Waals surface area (Å²) in [5, 5.41) is 4.82. The van der Waals surface area contributed by atoms with Crippen molar-refractivity contribution >= 4 is 40.9 Å². The fourth-order valence-electron chi connectivity index (χ4n) is 2.33. The molecule has 24 heavy (non-hydrogen) atoms. The van der Waals surface area contributed by atoms with Crippen LogP contribution in [-0.2, 0) is 4.79 Å². The van der Waals surface area contributed by atoms with Gasteiger partial charge in [-0.25, -0.2) is 9.97 Å². The summed E-state index contributed by atoms with van der Waals surface area (Å²) < 4.78 is 0. The fourth-order valence-corrected chi connectivity index (χ4v) is 3.52. The van der Waals surface area contributed by atoms with E-state index in [9.17, 15) is 4.79 Å². The van der Waals surface area contributed by atoms with Crippen molar-refractivity contribution in [1.82, 2.24) is 15.3 Å². The van der Waals surface area contributed by atoms with Gasteiger partial charge in [0.05, 0.1) is 5.75 Å². The van der Waals surface area contributed by atoms with E-state index in [4.69, 9.17) is 23.2 Å². The maximum Gasteiger partial charge on any atom is 0.230 e. The molecule has 0 aliphatic heterocycles. The van der Waals surface area contributed by atoms with Crippen molar-refractivity contribution in [2.75, 3.05) is 12.3 Å². The van der Waals surface area contributed by atoms with E-state index in [0.717, 1.165) is 18.4 Å². The third kappa shape index (κ3) is 5.96. The zero-order chi connectivity index (χ0) is 17.4. The van der Waals surface area contributed by atoms with E-state index in [1.165, 1.54) is 11.8 Å². The Balaban J connectivity index is 1.89. The second-order valence-corrected chi connectivity index (χ2v) is 7.06. The van der Waals surface area contributed by atoms with Crippen molar-refractivity contribution in [2.45, 2.75) is 30.8 Å². The van der Waals surface area contributed by atoms with Crippen LogP contribution in [0.3, 0.4) is 0 Å². The normalized spacial score (nSPS) is 12.0. The third-order valence-corrected chi connectivity index (χ3v) is 4.90. The van der Waals surface area contributed by atoms with Crippen LogP contribution in [0.15, 0.2) is 41.8 Å². The number of hydrogen-bond donors (Lipinski definition) is 1. The molecule has 4 nitrogen and oxygen atoms in total. The first-order valence-corrected chi connectivity index (χ1v) is 9.45. The topological polar surface area (TPSA) is 54.9 Å². The summed E-state index contributed by atoms with van der Waals surface area (Å²) in [5.74, 6) is 0.414. The van der Waals surface area contributed by atoms with Gasteiger partial charge in [-0.15, -0.1) is 0 Å². The number of rotatable bonds is 8. The van der Waals surface area contributed by atoms with Crippen molar-refractivity contribution < 1.29 is 4.79 Å². The lowest BCUT2D eigenvalue weighted by atomic mass is 9.94. The van der Waals surface area contributed by atoms with E-state index < -0.39 is 0 Å². The fraction of sp³-hybridized carbons (Fsp3) is 0.353. The Labute approximate surface area is 156 Å². The van der Waals surface area contributed by atoms with Gasteiger partial charge in [-0.05, 0) is 30.2 Å². The summed E-state index contributed by atoms with van der Waals surface area (Å²) in [6.45, 7) is 2.66. The van der Waals surface area contributed by atoms with Gasteiger partial charge in [-0.1, -0.05) is 54.4 Å². The molecule has 1 heterocycles.